The zero-order valence-electron chi connectivity index (χ0n) is 11.9. The lowest BCUT2D eigenvalue weighted by Crippen LogP contribution is -1.99. The normalized spacial score (nSPS) is 14.9. The largest absolute Gasteiger partial charge is 0.703 e. The lowest BCUT2D eigenvalue weighted by atomic mass is 10.2. The SMILES string of the molecule is CC=CCP(=O)(O)O[P+](=O)O.Cc1ccccc1S(=O)(=O)O. The fraction of sp³-hybridized carbons (Fsp3) is 0.273. The topological polar surface area (TPSA) is 138 Å². The molecule has 0 saturated carbocycles. The van der Waals surface area contributed by atoms with Crippen molar-refractivity contribution in [1.29, 1.82) is 0 Å². The van der Waals surface area contributed by atoms with Gasteiger partial charge in [0, 0.05) is 4.57 Å². The van der Waals surface area contributed by atoms with Crippen molar-refractivity contribution in [3.8, 4) is 0 Å². The van der Waals surface area contributed by atoms with Crippen LogP contribution in [0.2, 0.25) is 0 Å². The summed E-state index contributed by atoms with van der Waals surface area (Å²) in [5, 5.41) is 0. The van der Waals surface area contributed by atoms with Crippen LogP contribution < -0.4 is 0 Å². The number of hydrogen-bond donors (Lipinski definition) is 3. The second-order valence-corrected chi connectivity index (χ2v) is 8.11. The van der Waals surface area contributed by atoms with Crippen molar-refractivity contribution in [3.05, 3.63) is 42.0 Å². The predicted octanol–water partition coefficient (Wildman–Crippen LogP) is 2.66. The van der Waals surface area contributed by atoms with Crippen LogP contribution in [0.3, 0.4) is 0 Å². The third kappa shape index (κ3) is 9.17. The van der Waals surface area contributed by atoms with Crippen LogP contribution in [-0.4, -0.2) is 28.9 Å². The smallest absolute Gasteiger partial charge is 0.321 e. The Bertz CT molecular complexity index is 683. The molecule has 0 aliphatic rings. The van der Waals surface area contributed by atoms with Crippen LogP contribution in [0.25, 0.3) is 0 Å². The summed E-state index contributed by atoms with van der Waals surface area (Å²) in [6.07, 6.45) is 2.70. The summed E-state index contributed by atoms with van der Waals surface area (Å²) in [7, 11) is -10.9. The van der Waals surface area contributed by atoms with Gasteiger partial charge in [-0.25, -0.2) is 0 Å². The highest BCUT2D eigenvalue weighted by atomic mass is 32.2. The van der Waals surface area contributed by atoms with E-state index in [1.165, 1.54) is 12.1 Å². The van der Waals surface area contributed by atoms with Crippen molar-refractivity contribution in [1.82, 2.24) is 0 Å². The summed E-state index contributed by atoms with van der Waals surface area (Å²) in [6, 6.07) is 6.27. The van der Waals surface area contributed by atoms with Gasteiger partial charge in [-0.3, -0.25) is 9.12 Å². The highest BCUT2D eigenvalue weighted by Crippen LogP contribution is 2.49. The quantitative estimate of drug-likeness (QED) is 0.408. The second kappa shape index (κ2) is 9.27. The molecule has 0 spiro atoms. The summed E-state index contributed by atoms with van der Waals surface area (Å²) in [5.74, 6) is 0. The van der Waals surface area contributed by atoms with Gasteiger partial charge in [-0.1, -0.05) is 30.4 Å². The average molecular weight is 371 g/mol. The first-order chi connectivity index (χ1) is 9.99. The van der Waals surface area contributed by atoms with Gasteiger partial charge >= 0.3 is 15.9 Å². The first-order valence-corrected chi connectivity index (χ1v) is 10.1. The van der Waals surface area contributed by atoms with Gasteiger partial charge in [-0.05, 0) is 29.8 Å². The maximum absolute atomic E-state index is 10.7. The molecule has 2 unspecified atom stereocenters. The molecular formula is C11H17O8P2S+. The molecular weight excluding hydrogens is 354 g/mol. The third-order valence-corrected chi connectivity index (χ3v) is 5.41. The standard InChI is InChI=1S/C7H8O3S.C4H8O5P2/c1-6-4-2-3-5-7(6)11(8,9)10;1-2-3-4-11(7,8)9-10(5)6/h2-5H,1H3,(H,8,9,10);2-3H,4H2,1H3,(H-,5,6,7,8)/p+1. The molecule has 0 aliphatic carbocycles. The molecule has 124 valence electrons. The number of hydrogen-bond acceptors (Lipinski definition) is 5. The summed E-state index contributed by atoms with van der Waals surface area (Å²) < 4.78 is 54.4. The first kappa shape index (κ1) is 21.1. The van der Waals surface area contributed by atoms with Crippen molar-refractivity contribution < 1.29 is 36.2 Å². The fourth-order valence-electron chi connectivity index (χ4n) is 1.23. The molecule has 0 bridgehead atoms. The fourth-order valence-corrected chi connectivity index (χ4v) is 3.57. The second-order valence-electron chi connectivity index (χ2n) is 3.95. The van der Waals surface area contributed by atoms with Gasteiger partial charge < -0.3 is 4.89 Å². The van der Waals surface area contributed by atoms with Gasteiger partial charge in [0.25, 0.3) is 10.1 Å². The molecule has 11 heteroatoms. The number of aryl methyl sites for hydroxylation is 1. The van der Waals surface area contributed by atoms with Gasteiger partial charge in [0.15, 0.2) is 0 Å². The Morgan fingerprint density at radius 1 is 1.36 bits per heavy atom. The molecule has 0 fully saturated rings. The lowest BCUT2D eigenvalue weighted by molar-refractivity contribution is 0.352. The summed E-state index contributed by atoms with van der Waals surface area (Å²) in [5.41, 5.74) is 0.551. The molecule has 22 heavy (non-hydrogen) atoms. The summed E-state index contributed by atoms with van der Waals surface area (Å²) in [6.45, 7) is 3.29. The van der Waals surface area contributed by atoms with E-state index in [1.54, 1.807) is 38.1 Å². The maximum atomic E-state index is 10.7. The van der Waals surface area contributed by atoms with Gasteiger partial charge in [0.1, 0.15) is 0 Å². The van der Waals surface area contributed by atoms with Gasteiger partial charge in [0.05, 0.1) is 11.1 Å². The molecule has 0 amide bonds. The Balaban J connectivity index is 0.000000401. The third-order valence-electron chi connectivity index (χ3n) is 2.14. The molecule has 8 nitrogen and oxygen atoms in total. The Morgan fingerprint density at radius 2 is 1.91 bits per heavy atom. The van der Waals surface area contributed by atoms with Crippen LogP contribution in [0.5, 0.6) is 0 Å². The zero-order valence-corrected chi connectivity index (χ0v) is 14.5. The minimum absolute atomic E-state index is 0.0278. The molecule has 2 atom stereocenters. The molecule has 0 aromatic heterocycles. The van der Waals surface area contributed by atoms with Crippen molar-refractivity contribution in [3.63, 3.8) is 0 Å². The van der Waals surface area contributed by atoms with Crippen LogP contribution in [0.15, 0.2) is 41.3 Å². The Labute approximate surface area is 129 Å². The predicted molar refractivity (Wildman–Crippen MR) is 81.4 cm³/mol. The number of benzene rings is 1. The Morgan fingerprint density at radius 3 is 2.27 bits per heavy atom. The minimum Gasteiger partial charge on any atom is -0.321 e. The van der Waals surface area contributed by atoms with E-state index >= 15 is 0 Å². The highest BCUT2D eigenvalue weighted by Gasteiger charge is 2.30. The van der Waals surface area contributed by atoms with Crippen molar-refractivity contribution in [2.24, 2.45) is 0 Å². The molecule has 0 saturated heterocycles. The average Bonchev–Trinajstić information content (AvgIpc) is 2.35. The van der Waals surface area contributed by atoms with Crippen molar-refractivity contribution in [2.75, 3.05) is 6.16 Å². The van der Waals surface area contributed by atoms with E-state index in [0.717, 1.165) is 0 Å². The number of allylic oxidation sites excluding steroid dienone is 2. The molecule has 0 radical (unpaired) electrons. The van der Waals surface area contributed by atoms with Crippen LogP contribution in [0, 0.1) is 6.92 Å². The lowest BCUT2D eigenvalue weighted by Gasteiger charge is -1.99. The van der Waals surface area contributed by atoms with E-state index in [1.807, 2.05) is 0 Å². The van der Waals surface area contributed by atoms with Gasteiger partial charge in [-0.15, -0.1) is 4.89 Å². The van der Waals surface area contributed by atoms with E-state index in [0.29, 0.717) is 5.56 Å². The number of rotatable bonds is 5. The first-order valence-electron chi connectivity index (χ1n) is 5.81. The summed E-state index contributed by atoms with van der Waals surface area (Å²) >= 11 is 0. The van der Waals surface area contributed by atoms with E-state index in [-0.39, 0.29) is 11.1 Å². The molecule has 0 heterocycles. The van der Waals surface area contributed by atoms with Gasteiger partial charge in [0.2, 0.25) is 0 Å². The molecule has 3 N–H and O–H groups in total. The van der Waals surface area contributed by atoms with Crippen LogP contribution in [-0.2, 0) is 23.6 Å². The molecule has 0 aliphatic heterocycles. The highest BCUT2D eigenvalue weighted by molar-refractivity contribution is 7.85. The van der Waals surface area contributed by atoms with E-state index < -0.39 is 26.0 Å². The van der Waals surface area contributed by atoms with Crippen LogP contribution in [0.4, 0.5) is 0 Å². The van der Waals surface area contributed by atoms with Crippen molar-refractivity contribution >= 4 is 26.0 Å². The van der Waals surface area contributed by atoms with Gasteiger partial charge in [-0.2, -0.15) is 8.42 Å². The van der Waals surface area contributed by atoms with E-state index in [9.17, 15) is 17.5 Å². The Hall–Kier alpha value is -0.920. The zero-order chi connectivity index (χ0) is 17.4. The van der Waals surface area contributed by atoms with E-state index in [4.69, 9.17) is 14.3 Å². The van der Waals surface area contributed by atoms with Crippen LogP contribution in [0.1, 0.15) is 12.5 Å². The summed E-state index contributed by atoms with van der Waals surface area (Å²) in [4.78, 5) is 16.8. The molecule has 1 aromatic rings. The van der Waals surface area contributed by atoms with Crippen molar-refractivity contribution in [2.45, 2.75) is 18.7 Å². The maximum Gasteiger partial charge on any atom is 0.703 e. The van der Waals surface area contributed by atoms with Crippen LogP contribution >= 0.6 is 15.9 Å². The monoisotopic (exact) mass is 371 g/mol. The Kier molecular flexibility index (Phi) is 8.88. The molecule has 1 aromatic carbocycles. The minimum atomic E-state index is -4.03. The molecule has 1 rings (SSSR count). The van der Waals surface area contributed by atoms with E-state index in [2.05, 4.69) is 4.31 Å².